The molecule has 0 aliphatic heterocycles. The summed E-state index contributed by atoms with van der Waals surface area (Å²) in [7, 11) is 0. The molecule has 4 heteroatoms. The maximum absolute atomic E-state index is 9.31. The fourth-order valence-corrected chi connectivity index (χ4v) is 1.91. The van der Waals surface area contributed by atoms with Crippen molar-refractivity contribution in [3.8, 4) is 11.8 Å². The predicted octanol–water partition coefficient (Wildman–Crippen LogP) is 1.96. The smallest absolute Gasteiger partial charge is 0.124 e. The van der Waals surface area contributed by atoms with Crippen LogP contribution in [0.3, 0.4) is 0 Å². The molecule has 98 valence electrons. The van der Waals surface area contributed by atoms with E-state index in [1.807, 2.05) is 43.0 Å². The van der Waals surface area contributed by atoms with Crippen molar-refractivity contribution in [2.45, 2.75) is 19.9 Å². The first-order valence-electron chi connectivity index (χ1n) is 6.24. The Hall–Kier alpha value is -1.57. The van der Waals surface area contributed by atoms with Crippen LogP contribution in [0.25, 0.3) is 0 Å². The molecule has 0 amide bonds. The van der Waals surface area contributed by atoms with Crippen molar-refractivity contribution < 1.29 is 9.84 Å². The van der Waals surface area contributed by atoms with Gasteiger partial charge >= 0.3 is 0 Å². The quantitative estimate of drug-likeness (QED) is 0.801. The van der Waals surface area contributed by atoms with E-state index in [4.69, 9.17) is 9.84 Å². The summed E-state index contributed by atoms with van der Waals surface area (Å²) in [6, 6.07) is 9.50. The zero-order chi connectivity index (χ0) is 13.4. The van der Waals surface area contributed by atoms with E-state index in [1.165, 1.54) is 0 Å². The van der Waals surface area contributed by atoms with Crippen LogP contribution in [-0.4, -0.2) is 36.3 Å². The molecule has 4 nitrogen and oxygen atoms in total. The fourth-order valence-electron chi connectivity index (χ4n) is 1.91. The van der Waals surface area contributed by atoms with Crippen molar-refractivity contribution in [2.75, 3.05) is 26.3 Å². The van der Waals surface area contributed by atoms with Crippen LogP contribution in [0.1, 0.15) is 25.5 Å². The topological polar surface area (TPSA) is 56.5 Å². The average molecular weight is 248 g/mol. The number of hydrogen-bond donors (Lipinski definition) is 1. The van der Waals surface area contributed by atoms with Crippen LogP contribution < -0.4 is 4.74 Å². The largest absolute Gasteiger partial charge is 0.494 e. The third kappa shape index (κ3) is 3.73. The van der Waals surface area contributed by atoms with Gasteiger partial charge in [0.15, 0.2) is 0 Å². The number of aliphatic hydroxyl groups is 1. The summed E-state index contributed by atoms with van der Waals surface area (Å²) in [5.41, 5.74) is 0.902. The average Bonchev–Trinajstić information content (AvgIpc) is 2.39. The summed E-state index contributed by atoms with van der Waals surface area (Å²) in [4.78, 5) is 1.94. The van der Waals surface area contributed by atoms with Crippen LogP contribution in [0.4, 0.5) is 0 Å². The molecular formula is C14H20N2O2. The van der Waals surface area contributed by atoms with Gasteiger partial charge in [0.1, 0.15) is 11.8 Å². The molecular weight excluding hydrogens is 228 g/mol. The van der Waals surface area contributed by atoms with Crippen LogP contribution >= 0.6 is 0 Å². The molecule has 1 N–H and O–H groups in total. The Morgan fingerprint density at radius 2 is 2.22 bits per heavy atom. The molecule has 0 saturated carbocycles. The highest BCUT2D eigenvalue weighted by molar-refractivity contribution is 5.33. The van der Waals surface area contributed by atoms with Crippen molar-refractivity contribution in [1.82, 2.24) is 4.90 Å². The second kappa shape index (κ2) is 7.70. The summed E-state index contributed by atoms with van der Waals surface area (Å²) in [5, 5.41) is 18.3. The van der Waals surface area contributed by atoms with Gasteiger partial charge in [0.2, 0.25) is 0 Å². The number of likely N-dealkylation sites (N-methyl/N-ethyl adjacent to an activating group) is 1. The van der Waals surface area contributed by atoms with E-state index in [9.17, 15) is 5.26 Å². The van der Waals surface area contributed by atoms with E-state index in [0.717, 1.165) is 17.9 Å². The van der Waals surface area contributed by atoms with E-state index in [-0.39, 0.29) is 12.6 Å². The monoisotopic (exact) mass is 248 g/mol. The van der Waals surface area contributed by atoms with Crippen molar-refractivity contribution in [3.63, 3.8) is 0 Å². The standard InChI is InChI=1S/C14H20N2O2/c1-3-16(8-9-17)14(11-15)12-6-5-7-13(10-12)18-4-2/h5-7,10,14,17H,3-4,8-9H2,1-2H3. The highest BCUT2D eigenvalue weighted by Gasteiger charge is 2.18. The highest BCUT2D eigenvalue weighted by Crippen LogP contribution is 2.23. The molecule has 1 aromatic carbocycles. The van der Waals surface area contributed by atoms with Crippen LogP contribution in [0.15, 0.2) is 24.3 Å². The van der Waals surface area contributed by atoms with Crippen molar-refractivity contribution >= 4 is 0 Å². The fraction of sp³-hybridized carbons (Fsp3) is 0.500. The molecule has 0 saturated heterocycles. The van der Waals surface area contributed by atoms with E-state index in [0.29, 0.717) is 13.2 Å². The Morgan fingerprint density at radius 3 is 2.78 bits per heavy atom. The second-order valence-corrected chi connectivity index (χ2v) is 3.89. The number of rotatable bonds is 7. The van der Waals surface area contributed by atoms with E-state index >= 15 is 0 Å². The third-order valence-corrected chi connectivity index (χ3v) is 2.77. The third-order valence-electron chi connectivity index (χ3n) is 2.77. The molecule has 1 aromatic rings. The van der Waals surface area contributed by atoms with E-state index < -0.39 is 0 Å². The lowest BCUT2D eigenvalue weighted by Gasteiger charge is -2.25. The van der Waals surface area contributed by atoms with E-state index in [2.05, 4.69) is 6.07 Å². The second-order valence-electron chi connectivity index (χ2n) is 3.89. The van der Waals surface area contributed by atoms with Gasteiger partial charge < -0.3 is 9.84 Å². The van der Waals surface area contributed by atoms with Gasteiger partial charge in [-0.25, -0.2) is 0 Å². The number of hydrogen-bond acceptors (Lipinski definition) is 4. The Morgan fingerprint density at radius 1 is 1.44 bits per heavy atom. The maximum Gasteiger partial charge on any atom is 0.124 e. The highest BCUT2D eigenvalue weighted by atomic mass is 16.5. The summed E-state index contributed by atoms with van der Waals surface area (Å²) in [6.07, 6.45) is 0. The molecule has 0 aliphatic carbocycles. The van der Waals surface area contributed by atoms with Gasteiger partial charge in [0.25, 0.3) is 0 Å². The molecule has 0 radical (unpaired) electrons. The first-order chi connectivity index (χ1) is 8.76. The minimum atomic E-state index is -0.345. The normalized spacial score (nSPS) is 12.2. The number of nitrogens with zero attached hydrogens (tertiary/aromatic N) is 2. The van der Waals surface area contributed by atoms with Gasteiger partial charge in [-0.05, 0) is 31.2 Å². The SMILES string of the molecule is CCOc1cccc(C(C#N)N(CC)CCO)c1. The zero-order valence-corrected chi connectivity index (χ0v) is 11.0. The lowest BCUT2D eigenvalue weighted by molar-refractivity contribution is 0.180. The lowest BCUT2D eigenvalue weighted by atomic mass is 10.1. The summed E-state index contributed by atoms with van der Waals surface area (Å²) < 4.78 is 5.44. The molecule has 18 heavy (non-hydrogen) atoms. The number of benzene rings is 1. The van der Waals surface area contributed by atoms with E-state index in [1.54, 1.807) is 0 Å². The minimum absolute atomic E-state index is 0.0527. The number of aliphatic hydroxyl groups excluding tert-OH is 1. The first kappa shape index (κ1) is 14.5. The summed E-state index contributed by atoms with van der Waals surface area (Å²) >= 11 is 0. The molecule has 1 rings (SSSR count). The van der Waals surface area contributed by atoms with Crippen molar-refractivity contribution in [1.29, 1.82) is 5.26 Å². The molecule has 0 aromatic heterocycles. The number of nitriles is 1. The molecule has 1 atom stereocenters. The zero-order valence-electron chi connectivity index (χ0n) is 11.0. The molecule has 0 aliphatic rings. The molecule has 0 spiro atoms. The molecule has 1 unspecified atom stereocenters. The van der Waals surface area contributed by atoms with Crippen LogP contribution in [0.5, 0.6) is 5.75 Å². The summed E-state index contributed by atoms with van der Waals surface area (Å²) in [6.45, 7) is 5.78. The molecule has 0 heterocycles. The van der Waals surface area contributed by atoms with Crippen molar-refractivity contribution in [2.24, 2.45) is 0 Å². The van der Waals surface area contributed by atoms with Crippen LogP contribution in [-0.2, 0) is 0 Å². The Labute approximate surface area is 108 Å². The Balaban J connectivity index is 2.93. The maximum atomic E-state index is 9.31. The Kier molecular flexibility index (Phi) is 6.20. The van der Waals surface area contributed by atoms with Gasteiger partial charge in [0, 0.05) is 6.54 Å². The molecule has 0 bridgehead atoms. The van der Waals surface area contributed by atoms with Crippen LogP contribution in [0.2, 0.25) is 0 Å². The van der Waals surface area contributed by atoms with Gasteiger partial charge in [0.05, 0.1) is 19.3 Å². The van der Waals surface area contributed by atoms with Gasteiger partial charge in [-0.15, -0.1) is 0 Å². The molecule has 0 fully saturated rings. The van der Waals surface area contributed by atoms with Crippen LogP contribution in [0, 0.1) is 11.3 Å². The first-order valence-corrected chi connectivity index (χ1v) is 6.24. The van der Waals surface area contributed by atoms with Gasteiger partial charge in [-0.1, -0.05) is 19.1 Å². The Bertz CT molecular complexity index is 401. The number of ether oxygens (including phenoxy) is 1. The minimum Gasteiger partial charge on any atom is -0.494 e. The predicted molar refractivity (Wildman–Crippen MR) is 70.3 cm³/mol. The van der Waals surface area contributed by atoms with Crippen molar-refractivity contribution in [3.05, 3.63) is 29.8 Å². The van der Waals surface area contributed by atoms with Gasteiger partial charge in [-0.2, -0.15) is 5.26 Å². The summed E-state index contributed by atoms with van der Waals surface area (Å²) in [5.74, 6) is 0.773. The lowest BCUT2D eigenvalue weighted by Crippen LogP contribution is -2.30. The van der Waals surface area contributed by atoms with Gasteiger partial charge in [-0.3, -0.25) is 4.90 Å².